The van der Waals surface area contributed by atoms with Crippen LogP contribution in [0.5, 0.6) is 17.2 Å². The topological polar surface area (TPSA) is 66.6 Å². The predicted octanol–water partition coefficient (Wildman–Crippen LogP) is 3.30. The monoisotopic (exact) mass is 306 g/mol. The third-order valence-corrected chi connectivity index (χ3v) is 4.60. The number of rotatable bonds is 5. The molecule has 1 aliphatic carbocycles. The van der Waals surface area contributed by atoms with Gasteiger partial charge in [0.2, 0.25) is 5.75 Å². The van der Waals surface area contributed by atoms with Crippen molar-refractivity contribution in [3.8, 4) is 28.5 Å². The van der Waals surface area contributed by atoms with E-state index in [2.05, 4.69) is 0 Å². The van der Waals surface area contributed by atoms with Gasteiger partial charge in [-0.2, -0.15) is 0 Å². The normalized spacial score (nSPS) is 14.0. The van der Waals surface area contributed by atoms with Crippen molar-refractivity contribution < 1.29 is 14.2 Å². The molecule has 112 valence electrons. The molecule has 5 nitrogen and oxygen atoms in total. The van der Waals surface area contributed by atoms with Crippen LogP contribution in [0.3, 0.4) is 0 Å². The lowest BCUT2D eigenvalue weighted by Gasteiger charge is -2.15. The molecular formula is C15H18N2O3S. The fourth-order valence-corrected chi connectivity index (χ4v) is 3.35. The number of aromatic nitrogens is 1. The highest BCUT2D eigenvalue weighted by atomic mass is 32.1. The molecule has 1 aromatic carbocycles. The van der Waals surface area contributed by atoms with Crippen molar-refractivity contribution in [3.63, 3.8) is 0 Å². The van der Waals surface area contributed by atoms with Crippen LogP contribution in [0.25, 0.3) is 11.3 Å². The molecule has 21 heavy (non-hydrogen) atoms. The molecule has 0 atom stereocenters. The summed E-state index contributed by atoms with van der Waals surface area (Å²) in [6.07, 6.45) is 2.41. The summed E-state index contributed by atoms with van der Waals surface area (Å²) in [7, 11) is 4.79. The number of hydrogen-bond donors (Lipinski definition) is 1. The fourth-order valence-electron chi connectivity index (χ4n) is 2.33. The molecular weight excluding hydrogens is 288 g/mol. The molecule has 1 fully saturated rings. The Morgan fingerprint density at radius 1 is 1.10 bits per heavy atom. The SMILES string of the molecule is COc1ccc(-c2nc(C3CC3)sc2N)c(OC)c1OC. The third kappa shape index (κ3) is 2.40. The molecule has 1 heterocycles. The van der Waals surface area contributed by atoms with Gasteiger partial charge in [-0.3, -0.25) is 0 Å². The van der Waals surface area contributed by atoms with Crippen LogP contribution in [-0.4, -0.2) is 26.3 Å². The molecule has 2 N–H and O–H groups in total. The first kappa shape index (κ1) is 14.0. The van der Waals surface area contributed by atoms with Gasteiger partial charge in [0.15, 0.2) is 11.5 Å². The van der Waals surface area contributed by atoms with Gasteiger partial charge >= 0.3 is 0 Å². The highest BCUT2D eigenvalue weighted by molar-refractivity contribution is 7.16. The average molecular weight is 306 g/mol. The second kappa shape index (κ2) is 5.44. The Kier molecular flexibility index (Phi) is 3.63. The smallest absolute Gasteiger partial charge is 0.203 e. The number of nitrogens with two attached hydrogens (primary N) is 1. The van der Waals surface area contributed by atoms with E-state index in [1.54, 1.807) is 32.7 Å². The van der Waals surface area contributed by atoms with Crippen LogP contribution in [0.1, 0.15) is 23.8 Å². The molecule has 0 amide bonds. The van der Waals surface area contributed by atoms with Crippen molar-refractivity contribution >= 4 is 16.3 Å². The number of methoxy groups -OCH3 is 3. The minimum Gasteiger partial charge on any atom is -0.493 e. The lowest BCUT2D eigenvalue weighted by Crippen LogP contribution is -1.98. The van der Waals surface area contributed by atoms with Gasteiger partial charge in [0.1, 0.15) is 10.7 Å². The van der Waals surface area contributed by atoms with Crippen LogP contribution in [0, 0.1) is 0 Å². The Labute approximate surface area is 127 Å². The number of nitrogens with zero attached hydrogens (tertiary/aromatic N) is 1. The largest absolute Gasteiger partial charge is 0.493 e. The first-order valence-electron chi connectivity index (χ1n) is 6.75. The zero-order chi connectivity index (χ0) is 15.0. The van der Waals surface area contributed by atoms with Gasteiger partial charge in [0, 0.05) is 11.5 Å². The highest BCUT2D eigenvalue weighted by Gasteiger charge is 2.29. The Morgan fingerprint density at radius 2 is 1.81 bits per heavy atom. The summed E-state index contributed by atoms with van der Waals surface area (Å²) in [5.74, 6) is 2.35. The van der Waals surface area contributed by atoms with Gasteiger partial charge in [-0.15, -0.1) is 11.3 Å². The number of benzene rings is 1. The van der Waals surface area contributed by atoms with Gasteiger partial charge in [0.25, 0.3) is 0 Å². The van der Waals surface area contributed by atoms with Gasteiger partial charge in [-0.05, 0) is 25.0 Å². The number of ether oxygens (including phenoxy) is 3. The van der Waals surface area contributed by atoms with Crippen LogP contribution in [0.4, 0.5) is 5.00 Å². The first-order chi connectivity index (χ1) is 10.2. The molecule has 0 aliphatic heterocycles. The molecule has 1 saturated carbocycles. The van der Waals surface area contributed by atoms with Crippen LogP contribution < -0.4 is 19.9 Å². The van der Waals surface area contributed by atoms with Crippen molar-refractivity contribution in [3.05, 3.63) is 17.1 Å². The van der Waals surface area contributed by atoms with Crippen LogP contribution in [0.2, 0.25) is 0 Å². The standard InChI is InChI=1S/C15H18N2O3S/c1-18-10-7-6-9(12(19-2)13(10)20-3)11-14(16)21-15(17-11)8-4-5-8/h6-8H,4-5,16H2,1-3H3. The lowest BCUT2D eigenvalue weighted by atomic mass is 10.1. The van der Waals surface area contributed by atoms with E-state index < -0.39 is 0 Å². The van der Waals surface area contributed by atoms with Gasteiger partial charge in [-0.25, -0.2) is 4.98 Å². The molecule has 6 heteroatoms. The average Bonchev–Trinajstić information content (AvgIpc) is 3.28. The predicted molar refractivity (Wildman–Crippen MR) is 83.6 cm³/mol. The number of thiazole rings is 1. The van der Waals surface area contributed by atoms with Crippen LogP contribution >= 0.6 is 11.3 Å². The summed E-state index contributed by atoms with van der Waals surface area (Å²) in [6.45, 7) is 0. The molecule has 0 unspecified atom stereocenters. The van der Waals surface area contributed by atoms with E-state index in [4.69, 9.17) is 24.9 Å². The summed E-state index contributed by atoms with van der Waals surface area (Å²) in [5, 5.41) is 1.82. The zero-order valence-electron chi connectivity index (χ0n) is 12.3. The molecule has 0 radical (unpaired) electrons. The minimum absolute atomic E-state index is 0.554. The van der Waals surface area contributed by atoms with E-state index in [-0.39, 0.29) is 0 Å². The second-order valence-electron chi connectivity index (χ2n) is 4.92. The number of nitrogen functional groups attached to an aromatic ring is 1. The van der Waals surface area contributed by atoms with Crippen molar-refractivity contribution in [1.82, 2.24) is 4.98 Å². The van der Waals surface area contributed by atoms with Gasteiger partial charge < -0.3 is 19.9 Å². The van der Waals surface area contributed by atoms with Crippen molar-refractivity contribution in [2.75, 3.05) is 27.1 Å². The van der Waals surface area contributed by atoms with Crippen LogP contribution in [-0.2, 0) is 0 Å². The second-order valence-corrected chi connectivity index (χ2v) is 5.98. The van der Waals surface area contributed by atoms with E-state index in [1.165, 1.54) is 12.8 Å². The van der Waals surface area contributed by atoms with Crippen molar-refractivity contribution in [2.45, 2.75) is 18.8 Å². The fraction of sp³-hybridized carbons (Fsp3) is 0.400. The minimum atomic E-state index is 0.554. The maximum Gasteiger partial charge on any atom is 0.203 e. The van der Waals surface area contributed by atoms with Gasteiger partial charge in [0.05, 0.1) is 26.3 Å². The summed E-state index contributed by atoms with van der Waals surface area (Å²) in [5.41, 5.74) is 7.75. The Bertz CT molecular complexity index is 665. The van der Waals surface area contributed by atoms with E-state index in [9.17, 15) is 0 Å². The van der Waals surface area contributed by atoms with E-state index in [0.717, 1.165) is 16.3 Å². The molecule has 1 aliphatic rings. The Hall–Kier alpha value is -1.95. The molecule has 0 spiro atoms. The Morgan fingerprint density at radius 3 is 2.38 bits per heavy atom. The molecule has 1 aromatic heterocycles. The maximum atomic E-state index is 6.15. The van der Waals surface area contributed by atoms with E-state index in [0.29, 0.717) is 28.2 Å². The molecule has 0 bridgehead atoms. The number of hydrogen-bond acceptors (Lipinski definition) is 6. The van der Waals surface area contributed by atoms with Crippen molar-refractivity contribution in [2.24, 2.45) is 0 Å². The number of anilines is 1. The van der Waals surface area contributed by atoms with Gasteiger partial charge in [-0.1, -0.05) is 0 Å². The molecule has 0 saturated heterocycles. The summed E-state index contributed by atoms with van der Waals surface area (Å²) >= 11 is 1.56. The summed E-state index contributed by atoms with van der Waals surface area (Å²) < 4.78 is 16.2. The quantitative estimate of drug-likeness (QED) is 0.918. The third-order valence-electron chi connectivity index (χ3n) is 3.56. The van der Waals surface area contributed by atoms with Crippen molar-refractivity contribution in [1.29, 1.82) is 0 Å². The Balaban J connectivity index is 2.13. The highest BCUT2D eigenvalue weighted by Crippen LogP contribution is 2.49. The van der Waals surface area contributed by atoms with Crippen LogP contribution in [0.15, 0.2) is 12.1 Å². The molecule has 2 aromatic rings. The van der Waals surface area contributed by atoms with E-state index in [1.807, 2.05) is 12.1 Å². The molecule has 3 rings (SSSR count). The van der Waals surface area contributed by atoms with E-state index >= 15 is 0 Å². The lowest BCUT2D eigenvalue weighted by molar-refractivity contribution is 0.325. The summed E-state index contributed by atoms with van der Waals surface area (Å²) in [4.78, 5) is 4.70. The zero-order valence-corrected chi connectivity index (χ0v) is 13.1. The summed E-state index contributed by atoms with van der Waals surface area (Å²) in [6, 6.07) is 3.74. The first-order valence-corrected chi connectivity index (χ1v) is 7.56. The maximum absolute atomic E-state index is 6.15.